The van der Waals surface area contributed by atoms with Crippen molar-refractivity contribution >= 4 is 5.97 Å². The van der Waals surface area contributed by atoms with Crippen molar-refractivity contribution in [2.45, 2.75) is 26.0 Å². The molecule has 0 aliphatic heterocycles. The van der Waals surface area contributed by atoms with Crippen LogP contribution >= 0.6 is 0 Å². The second-order valence-corrected chi connectivity index (χ2v) is 3.98. The summed E-state index contributed by atoms with van der Waals surface area (Å²) >= 11 is 0. The molecule has 1 aromatic rings. The van der Waals surface area contributed by atoms with E-state index in [9.17, 15) is 4.79 Å². The summed E-state index contributed by atoms with van der Waals surface area (Å²) in [5.74, 6) is -0.156. The molecule has 0 heterocycles. The molecule has 0 aliphatic carbocycles. The third-order valence-corrected chi connectivity index (χ3v) is 2.51. The van der Waals surface area contributed by atoms with Gasteiger partial charge in [-0.15, -0.1) is 0 Å². The van der Waals surface area contributed by atoms with Gasteiger partial charge in [0, 0.05) is 0 Å². The highest BCUT2D eigenvalue weighted by Gasteiger charge is 2.19. The van der Waals surface area contributed by atoms with Gasteiger partial charge in [-0.2, -0.15) is 0 Å². The molecule has 0 spiro atoms. The molecule has 1 atom stereocenters. The lowest BCUT2D eigenvalue weighted by atomic mass is 10.2. The number of carbonyl (C=O) groups is 1. The maximum atomic E-state index is 11.7. The lowest BCUT2D eigenvalue weighted by Gasteiger charge is -2.20. The topological polar surface area (TPSA) is 29.5 Å². The fourth-order valence-corrected chi connectivity index (χ4v) is 1.57. The minimum atomic E-state index is -0.156. The lowest BCUT2D eigenvalue weighted by molar-refractivity contribution is -0.150. The first-order chi connectivity index (χ1) is 7.65. The first kappa shape index (κ1) is 12.7. The van der Waals surface area contributed by atoms with Crippen LogP contribution in [0.4, 0.5) is 0 Å². The third-order valence-electron chi connectivity index (χ3n) is 2.51. The molecule has 0 fully saturated rings. The molecule has 0 aromatic heterocycles. The van der Waals surface area contributed by atoms with Crippen molar-refractivity contribution in [3.63, 3.8) is 0 Å². The van der Waals surface area contributed by atoms with Crippen molar-refractivity contribution in [3.05, 3.63) is 35.9 Å². The zero-order valence-electron chi connectivity index (χ0n) is 10.1. The fourth-order valence-electron chi connectivity index (χ4n) is 1.57. The van der Waals surface area contributed by atoms with E-state index in [4.69, 9.17) is 4.74 Å². The predicted molar refractivity (Wildman–Crippen MR) is 64.0 cm³/mol. The molecule has 1 rings (SSSR count). The summed E-state index contributed by atoms with van der Waals surface area (Å²) in [6, 6.07) is 9.57. The molecule has 88 valence electrons. The molecule has 1 aromatic carbocycles. The first-order valence-corrected chi connectivity index (χ1v) is 5.52. The number of hydrogen-bond acceptors (Lipinski definition) is 3. The van der Waals surface area contributed by atoms with E-state index >= 15 is 0 Å². The minimum absolute atomic E-state index is 0.149. The number of likely N-dealkylation sites (N-methyl/N-ethyl adjacent to an activating group) is 1. The van der Waals surface area contributed by atoms with Gasteiger partial charge in [-0.1, -0.05) is 37.3 Å². The quantitative estimate of drug-likeness (QED) is 0.713. The molecule has 0 amide bonds. The highest BCUT2D eigenvalue weighted by Crippen LogP contribution is 2.06. The molecule has 0 bridgehead atoms. The van der Waals surface area contributed by atoms with E-state index in [1.165, 1.54) is 0 Å². The summed E-state index contributed by atoms with van der Waals surface area (Å²) in [5, 5.41) is 0. The SMILES string of the molecule is CCC(C(=O)OCc1ccccc1)N(C)C. The van der Waals surface area contributed by atoms with Gasteiger partial charge >= 0.3 is 5.97 Å². The van der Waals surface area contributed by atoms with Crippen LogP contribution in [-0.2, 0) is 16.1 Å². The molecule has 3 heteroatoms. The Morgan fingerprint density at radius 2 is 1.94 bits per heavy atom. The Hall–Kier alpha value is -1.35. The average molecular weight is 221 g/mol. The van der Waals surface area contributed by atoms with Crippen LogP contribution in [-0.4, -0.2) is 31.0 Å². The molecule has 0 N–H and O–H groups in total. The summed E-state index contributed by atoms with van der Waals surface area (Å²) in [6.07, 6.45) is 0.765. The van der Waals surface area contributed by atoms with E-state index in [2.05, 4.69) is 0 Å². The van der Waals surface area contributed by atoms with Gasteiger partial charge in [-0.3, -0.25) is 9.69 Å². The molecule has 0 aliphatic rings. The maximum absolute atomic E-state index is 11.7. The lowest BCUT2D eigenvalue weighted by Crippen LogP contribution is -2.36. The molecular weight excluding hydrogens is 202 g/mol. The Kier molecular flexibility index (Phi) is 4.99. The van der Waals surface area contributed by atoms with Gasteiger partial charge in [0.1, 0.15) is 12.6 Å². The van der Waals surface area contributed by atoms with Crippen molar-refractivity contribution < 1.29 is 9.53 Å². The highest BCUT2D eigenvalue weighted by molar-refractivity contribution is 5.75. The van der Waals surface area contributed by atoms with E-state index in [0.29, 0.717) is 6.61 Å². The zero-order chi connectivity index (χ0) is 12.0. The average Bonchev–Trinajstić information content (AvgIpc) is 2.28. The summed E-state index contributed by atoms with van der Waals surface area (Å²) in [7, 11) is 3.77. The van der Waals surface area contributed by atoms with Crippen LogP contribution in [0.5, 0.6) is 0 Å². The van der Waals surface area contributed by atoms with Crippen molar-refractivity contribution in [3.8, 4) is 0 Å². The summed E-state index contributed by atoms with van der Waals surface area (Å²) in [6.45, 7) is 2.33. The summed E-state index contributed by atoms with van der Waals surface area (Å²) in [4.78, 5) is 13.6. The van der Waals surface area contributed by atoms with E-state index < -0.39 is 0 Å². The monoisotopic (exact) mass is 221 g/mol. The number of carbonyl (C=O) groups excluding carboxylic acids is 1. The van der Waals surface area contributed by atoms with Gasteiger partial charge in [0.25, 0.3) is 0 Å². The number of rotatable bonds is 5. The molecule has 16 heavy (non-hydrogen) atoms. The minimum Gasteiger partial charge on any atom is -0.460 e. The van der Waals surface area contributed by atoms with Crippen molar-refractivity contribution in [1.29, 1.82) is 0 Å². The van der Waals surface area contributed by atoms with Gasteiger partial charge in [-0.05, 0) is 26.1 Å². The van der Waals surface area contributed by atoms with E-state index in [0.717, 1.165) is 12.0 Å². The third kappa shape index (κ3) is 3.66. The van der Waals surface area contributed by atoms with Gasteiger partial charge in [0.2, 0.25) is 0 Å². The number of nitrogens with zero attached hydrogens (tertiary/aromatic N) is 1. The van der Waals surface area contributed by atoms with E-state index in [-0.39, 0.29) is 12.0 Å². The van der Waals surface area contributed by atoms with Gasteiger partial charge < -0.3 is 4.74 Å². The Labute approximate surface area is 97.0 Å². The predicted octanol–water partition coefficient (Wildman–Crippen LogP) is 2.07. The van der Waals surface area contributed by atoms with E-state index in [1.54, 1.807) is 0 Å². The van der Waals surface area contributed by atoms with Crippen LogP contribution in [0.25, 0.3) is 0 Å². The summed E-state index contributed by atoms with van der Waals surface area (Å²) in [5.41, 5.74) is 1.02. The van der Waals surface area contributed by atoms with Crippen LogP contribution < -0.4 is 0 Å². The second kappa shape index (κ2) is 6.28. The van der Waals surface area contributed by atoms with Crippen LogP contribution in [0.2, 0.25) is 0 Å². The molecule has 0 saturated heterocycles. The molecule has 0 saturated carbocycles. The van der Waals surface area contributed by atoms with Gasteiger partial charge in [-0.25, -0.2) is 0 Å². The number of benzene rings is 1. The highest BCUT2D eigenvalue weighted by atomic mass is 16.5. The van der Waals surface area contributed by atoms with Gasteiger partial charge in [0.15, 0.2) is 0 Å². The van der Waals surface area contributed by atoms with Crippen LogP contribution in [0.1, 0.15) is 18.9 Å². The Balaban J connectivity index is 2.46. The second-order valence-electron chi connectivity index (χ2n) is 3.98. The van der Waals surface area contributed by atoms with Gasteiger partial charge in [0.05, 0.1) is 0 Å². The number of hydrogen-bond donors (Lipinski definition) is 0. The number of ether oxygens (including phenoxy) is 1. The fraction of sp³-hybridized carbons (Fsp3) is 0.462. The smallest absolute Gasteiger partial charge is 0.323 e. The van der Waals surface area contributed by atoms with E-state index in [1.807, 2.05) is 56.3 Å². The zero-order valence-corrected chi connectivity index (χ0v) is 10.1. The number of esters is 1. The largest absolute Gasteiger partial charge is 0.460 e. The van der Waals surface area contributed by atoms with Crippen LogP contribution in [0.3, 0.4) is 0 Å². The van der Waals surface area contributed by atoms with Crippen LogP contribution in [0, 0.1) is 0 Å². The Bertz CT molecular complexity index is 322. The summed E-state index contributed by atoms with van der Waals surface area (Å²) < 4.78 is 5.26. The molecule has 3 nitrogen and oxygen atoms in total. The normalized spacial score (nSPS) is 12.5. The Morgan fingerprint density at radius 1 is 1.31 bits per heavy atom. The standard InChI is InChI=1S/C13H19NO2/c1-4-12(14(2)3)13(15)16-10-11-8-6-5-7-9-11/h5-9,12H,4,10H2,1-3H3. The first-order valence-electron chi connectivity index (χ1n) is 5.52. The Morgan fingerprint density at radius 3 is 2.44 bits per heavy atom. The molecule has 0 radical (unpaired) electrons. The van der Waals surface area contributed by atoms with Crippen LogP contribution in [0.15, 0.2) is 30.3 Å². The maximum Gasteiger partial charge on any atom is 0.323 e. The molecular formula is C13H19NO2. The van der Waals surface area contributed by atoms with Crippen molar-refractivity contribution in [2.75, 3.05) is 14.1 Å². The van der Waals surface area contributed by atoms with Crippen molar-refractivity contribution in [1.82, 2.24) is 4.90 Å². The molecule has 1 unspecified atom stereocenters. The van der Waals surface area contributed by atoms with Crippen molar-refractivity contribution in [2.24, 2.45) is 0 Å².